The summed E-state index contributed by atoms with van der Waals surface area (Å²) >= 11 is 0. The summed E-state index contributed by atoms with van der Waals surface area (Å²) in [6.45, 7) is 0.781. The summed E-state index contributed by atoms with van der Waals surface area (Å²) in [6.07, 6.45) is 14.3. The van der Waals surface area contributed by atoms with Crippen LogP contribution in [0.25, 0.3) is 0 Å². The summed E-state index contributed by atoms with van der Waals surface area (Å²) in [4.78, 5) is 0. The van der Waals surface area contributed by atoms with E-state index < -0.39 is 0 Å². The third-order valence-corrected chi connectivity index (χ3v) is 2.98. The summed E-state index contributed by atoms with van der Waals surface area (Å²) in [5.41, 5.74) is 5.71. The van der Waals surface area contributed by atoms with Crippen molar-refractivity contribution >= 4 is 0 Å². The van der Waals surface area contributed by atoms with Gasteiger partial charge in [0.25, 0.3) is 0 Å². The highest BCUT2D eigenvalue weighted by atomic mass is 14.5. The molecule has 0 heterocycles. The van der Waals surface area contributed by atoms with Crippen LogP contribution in [0.4, 0.5) is 0 Å². The first-order valence-corrected chi connectivity index (χ1v) is 5.01. The highest BCUT2D eigenvalue weighted by Crippen LogP contribution is 2.39. The predicted octanol–water partition coefficient (Wildman–Crippen LogP) is 2.31. The van der Waals surface area contributed by atoms with E-state index in [-0.39, 0.29) is 5.41 Å². The molecule has 0 aliphatic heterocycles. The van der Waals surface area contributed by atoms with E-state index in [0.29, 0.717) is 0 Å². The van der Waals surface area contributed by atoms with Gasteiger partial charge in [-0.25, -0.2) is 0 Å². The monoisotopic (exact) mass is 165 g/mol. The van der Waals surface area contributed by atoms with Crippen LogP contribution in [-0.2, 0) is 0 Å². The molecule has 0 amide bonds. The van der Waals surface area contributed by atoms with Gasteiger partial charge < -0.3 is 5.73 Å². The lowest BCUT2D eigenvalue weighted by molar-refractivity contribution is 0.249. The van der Waals surface area contributed by atoms with Crippen LogP contribution >= 0.6 is 0 Å². The number of rotatable bonds is 3. The van der Waals surface area contributed by atoms with Crippen LogP contribution in [0, 0.1) is 17.8 Å². The van der Waals surface area contributed by atoms with Gasteiger partial charge in [-0.3, -0.25) is 0 Å². The molecule has 0 spiro atoms. The first kappa shape index (κ1) is 9.61. The smallest absolute Gasteiger partial charge is 0.0312 e. The fraction of sp³-hybridized carbons (Fsp3) is 0.818. The van der Waals surface area contributed by atoms with E-state index >= 15 is 0 Å². The van der Waals surface area contributed by atoms with Crippen LogP contribution in [0.5, 0.6) is 0 Å². The van der Waals surface area contributed by atoms with Gasteiger partial charge in [-0.2, -0.15) is 0 Å². The Hall–Kier alpha value is -0.480. The maximum Gasteiger partial charge on any atom is 0.0312 e. The molecule has 1 heteroatoms. The summed E-state index contributed by atoms with van der Waals surface area (Å²) < 4.78 is 0. The van der Waals surface area contributed by atoms with Crippen LogP contribution in [0.2, 0.25) is 0 Å². The molecule has 2 N–H and O–H groups in total. The van der Waals surface area contributed by atoms with E-state index in [1.165, 1.54) is 32.1 Å². The standard InChI is InChI=1S/C11H19N/c1-2-11(9-6-10-12)7-4-3-5-8-11/h1H,3-10,12H2. The Bertz CT molecular complexity index is 160. The highest BCUT2D eigenvalue weighted by Gasteiger charge is 2.28. The molecule has 1 saturated carbocycles. The van der Waals surface area contributed by atoms with Crippen molar-refractivity contribution in [3.05, 3.63) is 0 Å². The number of terminal acetylenes is 1. The predicted molar refractivity (Wildman–Crippen MR) is 52.6 cm³/mol. The molecule has 0 aromatic heterocycles. The lowest BCUT2D eigenvalue weighted by atomic mass is 9.72. The fourth-order valence-electron chi connectivity index (χ4n) is 2.14. The molecule has 1 nitrogen and oxygen atoms in total. The minimum absolute atomic E-state index is 0.220. The Kier molecular flexibility index (Phi) is 3.62. The Labute approximate surface area is 75.7 Å². The molecule has 0 radical (unpaired) electrons. The molecule has 0 unspecified atom stereocenters. The van der Waals surface area contributed by atoms with E-state index in [2.05, 4.69) is 5.92 Å². The Balaban J connectivity index is 2.44. The molecular weight excluding hydrogens is 146 g/mol. The fourth-order valence-corrected chi connectivity index (χ4v) is 2.14. The molecule has 12 heavy (non-hydrogen) atoms. The Morgan fingerprint density at radius 3 is 2.42 bits per heavy atom. The van der Waals surface area contributed by atoms with E-state index in [4.69, 9.17) is 12.2 Å². The van der Waals surface area contributed by atoms with Crippen molar-refractivity contribution in [3.63, 3.8) is 0 Å². The van der Waals surface area contributed by atoms with Crippen molar-refractivity contribution in [3.8, 4) is 12.3 Å². The lowest BCUT2D eigenvalue weighted by Gasteiger charge is -2.32. The second-order valence-corrected chi connectivity index (χ2v) is 3.88. The van der Waals surface area contributed by atoms with Gasteiger partial charge in [0.15, 0.2) is 0 Å². The summed E-state index contributed by atoms with van der Waals surface area (Å²) in [7, 11) is 0. The molecular formula is C11H19N. The van der Waals surface area contributed by atoms with Crippen molar-refractivity contribution in [2.75, 3.05) is 6.54 Å². The third-order valence-electron chi connectivity index (χ3n) is 2.98. The lowest BCUT2D eigenvalue weighted by Crippen LogP contribution is -2.23. The SMILES string of the molecule is C#CC1(CCCN)CCCCC1. The van der Waals surface area contributed by atoms with Crippen molar-refractivity contribution in [1.29, 1.82) is 0 Å². The van der Waals surface area contributed by atoms with E-state index in [1.807, 2.05) is 0 Å². The second kappa shape index (κ2) is 4.52. The van der Waals surface area contributed by atoms with Gasteiger partial charge in [0, 0.05) is 5.41 Å². The second-order valence-electron chi connectivity index (χ2n) is 3.88. The quantitative estimate of drug-likeness (QED) is 0.638. The molecule has 0 aromatic carbocycles. The molecule has 68 valence electrons. The zero-order valence-electron chi connectivity index (χ0n) is 7.81. The van der Waals surface area contributed by atoms with Gasteiger partial charge in [0.1, 0.15) is 0 Å². The van der Waals surface area contributed by atoms with Crippen LogP contribution < -0.4 is 5.73 Å². The number of hydrogen-bond donors (Lipinski definition) is 1. The van der Waals surface area contributed by atoms with Gasteiger partial charge in [-0.1, -0.05) is 25.2 Å². The molecule has 0 atom stereocenters. The third kappa shape index (κ3) is 2.25. The normalized spacial score (nSPS) is 21.7. The first-order valence-electron chi connectivity index (χ1n) is 5.01. The van der Waals surface area contributed by atoms with Gasteiger partial charge in [-0.15, -0.1) is 6.42 Å². The van der Waals surface area contributed by atoms with Crippen molar-refractivity contribution in [2.45, 2.75) is 44.9 Å². The summed E-state index contributed by atoms with van der Waals surface area (Å²) in [5.74, 6) is 3.00. The number of nitrogens with two attached hydrogens (primary N) is 1. The van der Waals surface area contributed by atoms with Crippen LogP contribution in [0.1, 0.15) is 44.9 Å². The maximum absolute atomic E-state index is 5.59. The maximum atomic E-state index is 5.59. The van der Waals surface area contributed by atoms with Crippen LogP contribution in [-0.4, -0.2) is 6.54 Å². The van der Waals surface area contributed by atoms with Crippen molar-refractivity contribution in [1.82, 2.24) is 0 Å². The molecule has 1 aliphatic rings. The van der Waals surface area contributed by atoms with Gasteiger partial charge >= 0.3 is 0 Å². The van der Waals surface area contributed by atoms with Gasteiger partial charge in [0.2, 0.25) is 0 Å². The Morgan fingerprint density at radius 2 is 1.92 bits per heavy atom. The topological polar surface area (TPSA) is 26.0 Å². The van der Waals surface area contributed by atoms with E-state index in [0.717, 1.165) is 19.4 Å². The molecule has 0 bridgehead atoms. The highest BCUT2D eigenvalue weighted by molar-refractivity contribution is 5.06. The molecule has 0 aromatic rings. The Morgan fingerprint density at radius 1 is 1.25 bits per heavy atom. The minimum atomic E-state index is 0.220. The van der Waals surface area contributed by atoms with Gasteiger partial charge in [0.05, 0.1) is 0 Å². The molecule has 1 aliphatic carbocycles. The molecule has 0 saturated heterocycles. The first-order chi connectivity index (χ1) is 5.83. The largest absolute Gasteiger partial charge is 0.330 e. The zero-order valence-corrected chi connectivity index (χ0v) is 7.81. The molecule has 1 rings (SSSR count). The molecule has 1 fully saturated rings. The average molecular weight is 165 g/mol. The zero-order chi connectivity index (χ0) is 8.86. The average Bonchev–Trinajstić information content (AvgIpc) is 2.16. The number of hydrogen-bond acceptors (Lipinski definition) is 1. The summed E-state index contributed by atoms with van der Waals surface area (Å²) in [6, 6.07) is 0. The van der Waals surface area contributed by atoms with E-state index in [9.17, 15) is 0 Å². The summed E-state index contributed by atoms with van der Waals surface area (Å²) in [5, 5.41) is 0. The van der Waals surface area contributed by atoms with E-state index in [1.54, 1.807) is 0 Å². The van der Waals surface area contributed by atoms with Crippen molar-refractivity contribution < 1.29 is 0 Å². The van der Waals surface area contributed by atoms with Crippen molar-refractivity contribution in [2.24, 2.45) is 11.1 Å². The van der Waals surface area contributed by atoms with Crippen LogP contribution in [0.3, 0.4) is 0 Å². The van der Waals surface area contributed by atoms with Crippen LogP contribution in [0.15, 0.2) is 0 Å². The van der Waals surface area contributed by atoms with Gasteiger partial charge in [-0.05, 0) is 32.2 Å². The minimum Gasteiger partial charge on any atom is -0.330 e.